The summed E-state index contributed by atoms with van der Waals surface area (Å²) in [7, 11) is 0. The highest BCUT2D eigenvalue weighted by Crippen LogP contribution is 2.50. The van der Waals surface area contributed by atoms with Gasteiger partial charge in [0.25, 0.3) is 5.69 Å². The number of carbonyl (C=O) groups is 1. The minimum atomic E-state index is -0.997. The van der Waals surface area contributed by atoms with Crippen LogP contribution >= 0.6 is 0 Å². The summed E-state index contributed by atoms with van der Waals surface area (Å²) in [6, 6.07) is 3.12. The fraction of sp³-hybridized carbons (Fsp3) is 0.300. The van der Waals surface area contributed by atoms with E-state index in [9.17, 15) is 19.3 Å². The van der Waals surface area contributed by atoms with Gasteiger partial charge in [-0.15, -0.1) is 0 Å². The summed E-state index contributed by atoms with van der Waals surface area (Å²) in [5, 5.41) is 19.4. The summed E-state index contributed by atoms with van der Waals surface area (Å²) in [5.41, 5.74) is -0.0347. The predicted octanol–water partition coefficient (Wildman–Crippen LogP) is 1.92. The molecule has 1 N–H and O–H groups in total. The van der Waals surface area contributed by atoms with Crippen LogP contribution in [0.4, 0.5) is 10.1 Å². The van der Waals surface area contributed by atoms with Gasteiger partial charge in [0.2, 0.25) is 0 Å². The molecule has 1 aliphatic carbocycles. The minimum Gasteiger partial charge on any atom is -0.481 e. The normalized spacial score (nSPS) is 22.8. The zero-order valence-electron chi connectivity index (χ0n) is 8.09. The number of nitro benzene ring substituents is 1. The molecule has 1 fully saturated rings. The van der Waals surface area contributed by atoms with Crippen LogP contribution < -0.4 is 0 Å². The molecule has 2 rings (SSSR count). The van der Waals surface area contributed by atoms with E-state index in [2.05, 4.69) is 0 Å². The van der Waals surface area contributed by atoms with Gasteiger partial charge in [-0.3, -0.25) is 14.9 Å². The number of hydrogen-bond acceptors (Lipinski definition) is 3. The molecule has 84 valence electrons. The van der Waals surface area contributed by atoms with E-state index >= 15 is 0 Å². The van der Waals surface area contributed by atoms with Crippen molar-refractivity contribution < 1.29 is 19.2 Å². The maximum atomic E-state index is 13.0. The average molecular weight is 225 g/mol. The smallest absolute Gasteiger partial charge is 0.307 e. The molecule has 0 amide bonds. The fourth-order valence-corrected chi connectivity index (χ4v) is 1.80. The van der Waals surface area contributed by atoms with Crippen LogP contribution in [0.2, 0.25) is 0 Å². The number of hydrogen-bond donors (Lipinski definition) is 1. The van der Waals surface area contributed by atoms with Gasteiger partial charge in [-0.25, -0.2) is 4.39 Å². The summed E-state index contributed by atoms with van der Waals surface area (Å²) in [6.45, 7) is 0. The number of nitro groups is 1. The largest absolute Gasteiger partial charge is 0.481 e. The van der Waals surface area contributed by atoms with Gasteiger partial charge in [0, 0.05) is 17.5 Å². The first-order valence-electron chi connectivity index (χ1n) is 4.67. The number of carboxylic acids is 1. The highest BCUT2D eigenvalue weighted by atomic mass is 19.1. The van der Waals surface area contributed by atoms with Crippen molar-refractivity contribution in [3.63, 3.8) is 0 Å². The van der Waals surface area contributed by atoms with E-state index in [-0.39, 0.29) is 11.3 Å². The lowest BCUT2D eigenvalue weighted by Crippen LogP contribution is -2.01. The molecule has 1 aromatic carbocycles. The second-order valence-electron chi connectivity index (χ2n) is 3.75. The molecule has 0 spiro atoms. The standard InChI is InChI=1S/C10H8FNO4/c11-5-1-2-9(12(15)16)7(3-5)6-4-8(6)10(13)14/h1-3,6,8H,4H2,(H,13,14). The van der Waals surface area contributed by atoms with E-state index in [1.165, 1.54) is 0 Å². The molecule has 5 nitrogen and oxygen atoms in total. The van der Waals surface area contributed by atoms with Crippen molar-refractivity contribution in [2.24, 2.45) is 5.92 Å². The number of nitrogens with zero attached hydrogens (tertiary/aromatic N) is 1. The van der Waals surface area contributed by atoms with Gasteiger partial charge in [0.1, 0.15) is 5.82 Å². The van der Waals surface area contributed by atoms with Crippen LogP contribution in [0.3, 0.4) is 0 Å². The molecular weight excluding hydrogens is 217 g/mol. The first-order chi connectivity index (χ1) is 7.50. The van der Waals surface area contributed by atoms with E-state index in [4.69, 9.17) is 5.11 Å². The molecule has 1 saturated carbocycles. The summed E-state index contributed by atoms with van der Waals surface area (Å²) in [6.07, 6.45) is 0.333. The fourth-order valence-electron chi connectivity index (χ4n) is 1.80. The number of benzene rings is 1. The maximum absolute atomic E-state index is 13.0. The monoisotopic (exact) mass is 225 g/mol. The van der Waals surface area contributed by atoms with Crippen LogP contribution in [0.5, 0.6) is 0 Å². The SMILES string of the molecule is O=C(O)C1CC1c1cc(F)ccc1[N+](=O)[O-]. The molecule has 0 saturated heterocycles. The lowest BCUT2D eigenvalue weighted by Gasteiger charge is -2.01. The third-order valence-corrected chi connectivity index (χ3v) is 2.69. The molecule has 6 heteroatoms. The summed E-state index contributed by atoms with van der Waals surface area (Å²) < 4.78 is 13.0. The van der Waals surface area contributed by atoms with Crippen LogP contribution in [0.25, 0.3) is 0 Å². The van der Waals surface area contributed by atoms with Crippen LogP contribution in [-0.4, -0.2) is 16.0 Å². The number of carboxylic acid groups (broad SMARTS) is 1. The molecule has 1 aliphatic rings. The molecule has 2 atom stereocenters. The zero-order valence-corrected chi connectivity index (χ0v) is 8.09. The van der Waals surface area contributed by atoms with Crippen LogP contribution in [0, 0.1) is 21.8 Å². The van der Waals surface area contributed by atoms with Gasteiger partial charge in [-0.2, -0.15) is 0 Å². The summed E-state index contributed by atoms with van der Waals surface area (Å²) in [4.78, 5) is 20.7. The number of halogens is 1. The Balaban J connectivity index is 2.37. The first-order valence-corrected chi connectivity index (χ1v) is 4.67. The summed E-state index contributed by atoms with van der Waals surface area (Å²) >= 11 is 0. The molecular formula is C10H8FNO4. The molecule has 0 aliphatic heterocycles. The van der Waals surface area contributed by atoms with Crippen molar-refractivity contribution in [1.29, 1.82) is 0 Å². The van der Waals surface area contributed by atoms with Gasteiger partial charge in [0.15, 0.2) is 0 Å². The highest BCUT2D eigenvalue weighted by molar-refractivity contribution is 5.76. The van der Waals surface area contributed by atoms with Crippen molar-refractivity contribution in [3.05, 3.63) is 39.7 Å². The lowest BCUT2D eigenvalue weighted by atomic mass is 10.1. The highest BCUT2D eigenvalue weighted by Gasteiger charge is 2.47. The molecule has 0 aromatic heterocycles. The minimum absolute atomic E-state index is 0.178. The van der Waals surface area contributed by atoms with Crippen molar-refractivity contribution in [3.8, 4) is 0 Å². The molecule has 2 unspecified atom stereocenters. The number of rotatable bonds is 3. The lowest BCUT2D eigenvalue weighted by molar-refractivity contribution is -0.385. The van der Waals surface area contributed by atoms with Gasteiger partial charge >= 0.3 is 5.97 Å². The molecule has 0 heterocycles. The van der Waals surface area contributed by atoms with E-state index in [1.54, 1.807) is 0 Å². The van der Waals surface area contributed by atoms with Gasteiger partial charge < -0.3 is 5.11 Å². The van der Waals surface area contributed by atoms with Crippen LogP contribution in [0.15, 0.2) is 18.2 Å². The van der Waals surface area contributed by atoms with E-state index in [0.29, 0.717) is 6.42 Å². The third-order valence-electron chi connectivity index (χ3n) is 2.69. The summed E-state index contributed by atoms with van der Waals surface area (Å²) in [5.74, 6) is -2.64. The van der Waals surface area contributed by atoms with Crippen LogP contribution in [0.1, 0.15) is 17.9 Å². The van der Waals surface area contributed by atoms with Gasteiger partial charge in [-0.05, 0) is 18.6 Å². The first kappa shape index (κ1) is 10.5. The Labute approximate surface area is 89.7 Å². The Bertz CT molecular complexity index is 474. The molecule has 0 bridgehead atoms. The van der Waals surface area contributed by atoms with E-state index < -0.39 is 28.5 Å². The topological polar surface area (TPSA) is 80.4 Å². The predicted molar refractivity (Wildman–Crippen MR) is 51.5 cm³/mol. The Hall–Kier alpha value is -1.98. The maximum Gasteiger partial charge on any atom is 0.307 e. The van der Waals surface area contributed by atoms with Crippen molar-refractivity contribution in [2.45, 2.75) is 12.3 Å². The van der Waals surface area contributed by atoms with E-state index in [1.807, 2.05) is 0 Å². The van der Waals surface area contributed by atoms with Gasteiger partial charge in [-0.1, -0.05) is 0 Å². The second-order valence-corrected chi connectivity index (χ2v) is 3.75. The average Bonchev–Trinajstić information content (AvgIpc) is 2.96. The quantitative estimate of drug-likeness (QED) is 0.629. The third kappa shape index (κ3) is 1.73. The van der Waals surface area contributed by atoms with Crippen molar-refractivity contribution in [2.75, 3.05) is 0 Å². The van der Waals surface area contributed by atoms with E-state index in [0.717, 1.165) is 18.2 Å². The molecule has 0 radical (unpaired) electrons. The number of aliphatic carboxylic acids is 1. The van der Waals surface area contributed by atoms with Crippen molar-refractivity contribution >= 4 is 11.7 Å². The molecule has 16 heavy (non-hydrogen) atoms. The second kappa shape index (κ2) is 3.55. The van der Waals surface area contributed by atoms with Crippen molar-refractivity contribution in [1.82, 2.24) is 0 Å². The Morgan fingerprint density at radius 2 is 2.25 bits per heavy atom. The Kier molecular flexibility index (Phi) is 2.34. The molecule has 1 aromatic rings. The Morgan fingerprint density at radius 1 is 1.56 bits per heavy atom. The Morgan fingerprint density at radius 3 is 2.75 bits per heavy atom. The van der Waals surface area contributed by atoms with Crippen LogP contribution in [-0.2, 0) is 4.79 Å². The zero-order chi connectivity index (χ0) is 11.9. The van der Waals surface area contributed by atoms with Gasteiger partial charge in [0.05, 0.1) is 10.8 Å².